The zero-order chi connectivity index (χ0) is 9.73. The van der Waals surface area contributed by atoms with Gasteiger partial charge in [0.15, 0.2) is 0 Å². The number of rotatable bonds is 2. The Bertz CT molecular complexity index is 208. The molecule has 0 aliphatic carbocycles. The summed E-state index contributed by atoms with van der Waals surface area (Å²) in [7, 11) is 0. The molecule has 0 aromatic heterocycles. The van der Waals surface area contributed by atoms with E-state index in [0.717, 1.165) is 19.4 Å². The largest absolute Gasteiger partial charge is 0.374 e. The topological polar surface area (TPSA) is 35.2 Å². The van der Waals surface area contributed by atoms with E-state index in [1.54, 1.807) is 0 Å². The molecule has 1 rings (SSSR count). The van der Waals surface area contributed by atoms with Gasteiger partial charge >= 0.3 is 0 Å². The van der Waals surface area contributed by atoms with Gasteiger partial charge < -0.3 is 10.5 Å². The van der Waals surface area contributed by atoms with Crippen molar-refractivity contribution in [1.82, 2.24) is 0 Å². The smallest absolute Gasteiger partial charge is 0.0814 e. The summed E-state index contributed by atoms with van der Waals surface area (Å²) in [6.07, 6.45) is 4.21. The molecule has 2 nitrogen and oxygen atoms in total. The van der Waals surface area contributed by atoms with Crippen molar-refractivity contribution in [2.75, 3.05) is 6.61 Å². The van der Waals surface area contributed by atoms with Crippen molar-refractivity contribution < 1.29 is 4.74 Å². The Kier molecular flexibility index (Phi) is 3.77. The molecule has 1 saturated heterocycles. The SMILES string of the molecule is CC#CCC(N)C1(C)CCCCO1. The lowest BCUT2D eigenvalue weighted by atomic mass is 9.87. The molecule has 2 N–H and O–H groups in total. The maximum atomic E-state index is 6.04. The summed E-state index contributed by atoms with van der Waals surface area (Å²) >= 11 is 0. The molecule has 2 heteroatoms. The molecule has 13 heavy (non-hydrogen) atoms. The van der Waals surface area contributed by atoms with Gasteiger partial charge in [-0.05, 0) is 33.1 Å². The zero-order valence-corrected chi connectivity index (χ0v) is 8.60. The van der Waals surface area contributed by atoms with E-state index in [-0.39, 0.29) is 11.6 Å². The number of nitrogens with two attached hydrogens (primary N) is 1. The lowest BCUT2D eigenvalue weighted by molar-refractivity contribution is -0.0800. The lowest BCUT2D eigenvalue weighted by Gasteiger charge is -2.38. The van der Waals surface area contributed by atoms with Crippen LogP contribution in [0, 0.1) is 11.8 Å². The van der Waals surface area contributed by atoms with Crippen LogP contribution in [0.4, 0.5) is 0 Å². The maximum absolute atomic E-state index is 6.04. The van der Waals surface area contributed by atoms with E-state index in [4.69, 9.17) is 10.5 Å². The Hall–Kier alpha value is -0.520. The normalized spacial score (nSPS) is 30.4. The summed E-state index contributed by atoms with van der Waals surface area (Å²) < 4.78 is 5.73. The molecule has 0 saturated carbocycles. The van der Waals surface area contributed by atoms with Crippen LogP contribution in [0.15, 0.2) is 0 Å². The van der Waals surface area contributed by atoms with Crippen LogP contribution in [-0.4, -0.2) is 18.2 Å². The summed E-state index contributed by atoms with van der Waals surface area (Å²) in [5.74, 6) is 5.88. The fourth-order valence-corrected chi connectivity index (χ4v) is 1.68. The first-order valence-corrected chi connectivity index (χ1v) is 4.98. The second kappa shape index (κ2) is 4.64. The van der Waals surface area contributed by atoms with Crippen molar-refractivity contribution in [2.24, 2.45) is 5.73 Å². The van der Waals surface area contributed by atoms with Crippen LogP contribution in [0.25, 0.3) is 0 Å². The molecule has 0 aromatic rings. The van der Waals surface area contributed by atoms with Gasteiger partial charge in [-0.1, -0.05) is 0 Å². The van der Waals surface area contributed by atoms with Crippen LogP contribution < -0.4 is 5.73 Å². The lowest BCUT2D eigenvalue weighted by Crippen LogP contribution is -2.49. The molecular formula is C11H19NO. The Morgan fingerprint density at radius 3 is 2.85 bits per heavy atom. The molecule has 0 spiro atoms. The monoisotopic (exact) mass is 181 g/mol. The molecule has 1 heterocycles. The number of ether oxygens (including phenoxy) is 1. The molecule has 0 aromatic carbocycles. The van der Waals surface area contributed by atoms with Crippen LogP contribution in [0.3, 0.4) is 0 Å². The standard InChI is InChI=1S/C11H19NO/c1-3-4-7-10(12)11(2)8-5-6-9-13-11/h10H,5-9,12H2,1-2H3. The van der Waals surface area contributed by atoms with E-state index in [1.165, 1.54) is 12.8 Å². The van der Waals surface area contributed by atoms with Crippen molar-refractivity contribution in [3.63, 3.8) is 0 Å². The molecule has 2 unspecified atom stereocenters. The molecule has 0 bridgehead atoms. The molecule has 1 fully saturated rings. The second-order valence-corrected chi connectivity index (χ2v) is 3.86. The van der Waals surface area contributed by atoms with Gasteiger partial charge in [-0.15, -0.1) is 11.8 Å². The Morgan fingerprint density at radius 1 is 1.54 bits per heavy atom. The van der Waals surface area contributed by atoms with Crippen molar-refractivity contribution in [2.45, 2.75) is 51.2 Å². The highest BCUT2D eigenvalue weighted by atomic mass is 16.5. The van der Waals surface area contributed by atoms with Gasteiger partial charge in [0.25, 0.3) is 0 Å². The highest BCUT2D eigenvalue weighted by Gasteiger charge is 2.33. The molecule has 1 aliphatic rings. The van der Waals surface area contributed by atoms with Gasteiger partial charge in [-0.2, -0.15) is 0 Å². The molecule has 0 radical (unpaired) electrons. The van der Waals surface area contributed by atoms with E-state index in [2.05, 4.69) is 18.8 Å². The first-order chi connectivity index (χ1) is 6.19. The van der Waals surface area contributed by atoms with Crippen LogP contribution in [0.2, 0.25) is 0 Å². The van der Waals surface area contributed by atoms with Gasteiger partial charge in [-0.25, -0.2) is 0 Å². The summed E-state index contributed by atoms with van der Waals surface area (Å²) in [6, 6.07) is 0.0558. The van der Waals surface area contributed by atoms with Gasteiger partial charge in [-0.3, -0.25) is 0 Å². The van der Waals surface area contributed by atoms with Crippen molar-refractivity contribution in [1.29, 1.82) is 0 Å². The third kappa shape index (κ3) is 2.72. The minimum absolute atomic E-state index is 0.0558. The average Bonchev–Trinajstić information content (AvgIpc) is 2.15. The van der Waals surface area contributed by atoms with Gasteiger partial charge in [0.1, 0.15) is 0 Å². The highest BCUT2D eigenvalue weighted by Crippen LogP contribution is 2.27. The Morgan fingerprint density at radius 2 is 2.31 bits per heavy atom. The van der Waals surface area contributed by atoms with Gasteiger partial charge in [0, 0.05) is 19.1 Å². The van der Waals surface area contributed by atoms with Gasteiger partial charge in [0.05, 0.1) is 5.60 Å². The first kappa shape index (κ1) is 10.6. The summed E-state index contributed by atoms with van der Waals surface area (Å²) in [5.41, 5.74) is 5.90. The first-order valence-electron chi connectivity index (χ1n) is 4.98. The minimum Gasteiger partial charge on any atom is -0.374 e. The van der Waals surface area contributed by atoms with E-state index < -0.39 is 0 Å². The van der Waals surface area contributed by atoms with Crippen molar-refractivity contribution in [3.8, 4) is 11.8 Å². The zero-order valence-electron chi connectivity index (χ0n) is 8.60. The van der Waals surface area contributed by atoms with E-state index in [0.29, 0.717) is 0 Å². The van der Waals surface area contributed by atoms with Crippen LogP contribution in [-0.2, 0) is 4.74 Å². The summed E-state index contributed by atoms with van der Waals surface area (Å²) in [5, 5.41) is 0. The fraction of sp³-hybridized carbons (Fsp3) is 0.818. The highest BCUT2D eigenvalue weighted by molar-refractivity contribution is 5.02. The summed E-state index contributed by atoms with van der Waals surface area (Å²) in [4.78, 5) is 0. The predicted octanol–water partition coefficient (Wildman–Crippen LogP) is 1.69. The van der Waals surface area contributed by atoms with Crippen LogP contribution in [0.5, 0.6) is 0 Å². The van der Waals surface area contributed by atoms with Crippen LogP contribution in [0.1, 0.15) is 39.5 Å². The van der Waals surface area contributed by atoms with E-state index in [9.17, 15) is 0 Å². The Labute approximate surface area is 80.8 Å². The minimum atomic E-state index is -0.137. The quantitative estimate of drug-likeness (QED) is 0.658. The Balaban J connectivity index is 2.49. The fourth-order valence-electron chi connectivity index (χ4n) is 1.68. The predicted molar refractivity (Wildman–Crippen MR) is 54.3 cm³/mol. The van der Waals surface area contributed by atoms with Crippen molar-refractivity contribution >= 4 is 0 Å². The summed E-state index contributed by atoms with van der Waals surface area (Å²) in [6.45, 7) is 4.80. The second-order valence-electron chi connectivity index (χ2n) is 3.86. The maximum Gasteiger partial charge on any atom is 0.0814 e. The van der Waals surface area contributed by atoms with Crippen LogP contribution >= 0.6 is 0 Å². The molecule has 2 atom stereocenters. The average molecular weight is 181 g/mol. The third-order valence-corrected chi connectivity index (χ3v) is 2.78. The third-order valence-electron chi connectivity index (χ3n) is 2.78. The molecular weight excluding hydrogens is 162 g/mol. The van der Waals surface area contributed by atoms with Crippen molar-refractivity contribution in [3.05, 3.63) is 0 Å². The molecule has 74 valence electrons. The molecule has 1 aliphatic heterocycles. The van der Waals surface area contributed by atoms with Gasteiger partial charge in [0.2, 0.25) is 0 Å². The molecule has 0 amide bonds. The number of hydrogen-bond donors (Lipinski definition) is 1. The number of hydrogen-bond acceptors (Lipinski definition) is 2. The van der Waals surface area contributed by atoms with E-state index in [1.807, 2.05) is 6.92 Å². The van der Waals surface area contributed by atoms with E-state index >= 15 is 0 Å².